The predicted octanol–water partition coefficient (Wildman–Crippen LogP) is 2.23. The molecule has 5 rings (SSSR count). The molecule has 2 aliphatic rings. The van der Waals surface area contributed by atoms with E-state index >= 15 is 0 Å². The highest BCUT2D eigenvalue weighted by Crippen LogP contribution is 2.31. The summed E-state index contributed by atoms with van der Waals surface area (Å²) in [6.45, 7) is 4.18. The maximum atomic E-state index is 11.8. The van der Waals surface area contributed by atoms with E-state index in [9.17, 15) is 8.42 Å². The number of fused-ring (bicyclic) bond motifs is 1. The van der Waals surface area contributed by atoms with Crippen molar-refractivity contribution in [3.8, 4) is 11.3 Å². The van der Waals surface area contributed by atoms with Crippen LogP contribution in [-0.4, -0.2) is 79.4 Å². The summed E-state index contributed by atoms with van der Waals surface area (Å²) >= 11 is 0. The van der Waals surface area contributed by atoms with E-state index in [0.29, 0.717) is 38.0 Å². The van der Waals surface area contributed by atoms with Gasteiger partial charge in [0.15, 0.2) is 5.82 Å². The topological polar surface area (TPSA) is 109 Å². The average Bonchev–Trinajstić information content (AvgIpc) is 2.87. The summed E-state index contributed by atoms with van der Waals surface area (Å²) in [7, 11) is -3.11. The van der Waals surface area contributed by atoms with Gasteiger partial charge in [-0.05, 0) is 30.4 Å². The van der Waals surface area contributed by atoms with Crippen molar-refractivity contribution in [2.75, 3.05) is 50.9 Å². The molecule has 34 heavy (non-hydrogen) atoms. The lowest BCUT2D eigenvalue weighted by molar-refractivity contribution is 0.0372. The molecule has 0 radical (unpaired) electrons. The number of morpholine rings is 1. The fraction of sp³-hybridized carbons (Fsp3) is 0.458. The molecule has 1 aromatic carbocycles. The highest BCUT2D eigenvalue weighted by atomic mass is 32.2. The van der Waals surface area contributed by atoms with Crippen LogP contribution >= 0.6 is 0 Å². The van der Waals surface area contributed by atoms with Gasteiger partial charge in [0.2, 0.25) is 10.0 Å². The molecule has 2 fully saturated rings. The Bertz CT molecular complexity index is 1240. The number of anilines is 1. The van der Waals surface area contributed by atoms with E-state index in [1.807, 2.05) is 6.07 Å². The fourth-order valence-corrected chi connectivity index (χ4v) is 5.53. The largest absolute Gasteiger partial charge is 0.374 e. The van der Waals surface area contributed by atoms with Crippen LogP contribution in [0.1, 0.15) is 24.3 Å². The number of rotatable bonds is 6. The van der Waals surface area contributed by atoms with E-state index in [-0.39, 0.29) is 6.10 Å². The minimum atomic E-state index is -3.11. The first kappa shape index (κ1) is 23.1. The third-order valence-electron chi connectivity index (χ3n) is 6.56. The second kappa shape index (κ2) is 9.91. The lowest BCUT2D eigenvalue weighted by atomic mass is 9.89. The number of hydrogen-bond donors (Lipinski definition) is 2. The summed E-state index contributed by atoms with van der Waals surface area (Å²) in [5.41, 5.74) is 4.59. The number of nitrogens with one attached hydrogen (secondary N) is 2. The predicted molar refractivity (Wildman–Crippen MR) is 132 cm³/mol. The molecular weight excluding hydrogens is 452 g/mol. The van der Waals surface area contributed by atoms with Crippen molar-refractivity contribution in [3.63, 3.8) is 0 Å². The Morgan fingerprint density at radius 3 is 2.62 bits per heavy atom. The van der Waals surface area contributed by atoms with Gasteiger partial charge in [-0.3, -0.25) is 4.98 Å². The van der Waals surface area contributed by atoms with Crippen LogP contribution in [0, 0.1) is 0 Å². The molecule has 2 saturated heterocycles. The third-order valence-corrected chi connectivity index (χ3v) is 7.86. The Morgan fingerprint density at radius 1 is 1.15 bits per heavy atom. The molecule has 9 nitrogen and oxygen atoms in total. The van der Waals surface area contributed by atoms with Crippen molar-refractivity contribution in [3.05, 3.63) is 48.3 Å². The average molecular weight is 483 g/mol. The molecule has 3 aromatic rings. The second-order valence-electron chi connectivity index (χ2n) is 8.92. The number of benzene rings is 1. The van der Waals surface area contributed by atoms with Gasteiger partial charge < -0.3 is 15.4 Å². The van der Waals surface area contributed by atoms with Gasteiger partial charge in [0, 0.05) is 50.7 Å². The van der Waals surface area contributed by atoms with Gasteiger partial charge in [0.05, 0.1) is 30.2 Å². The van der Waals surface area contributed by atoms with Crippen LogP contribution in [0.4, 0.5) is 5.82 Å². The van der Waals surface area contributed by atoms with Gasteiger partial charge in [-0.15, -0.1) is 0 Å². The van der Waals surface area contributed by atoms with Crippen LogP contribution in [0.2, 0.25) is 0 Å². The van der Waals surface area contributed by atoms with Crippen LogP contribution in [0.5, 0.6) is 0 Å². The molecule has 0 amide bonds. The zero-order valence-electron chi connectivity index (χ0n) is 19.3. The molecule has 4 heterocycles. The molecule has 1 unspecified atom stereocenters. The van der Waals surface area contributed by atoms with Crippen molar-refractivity contribution < 1.29 is 13.2 Å². The monoisotopic (exact) mass is 482 g/mol. The molecule has 0 bridgehead atoms. The molecular formula is C24H30N6O3S. The first-order chi connectivity index (χ1) is 16.5. The van der Waals surface area contributed by atoms with E-state index in [1.54, 1.807) is 16.7 Å². The lowest BCUT2D eigenvalue weighted by Gasteiger charge is -2.30. The Balaban J connectivity index is 1.34. The lowest BCUT2D eigenvalue weighted by Crippen LogP contribution is -2.42. The Hall–Kier alpha value is -2.66. The Kier molecular flexibility index (Phi) is 6.73. The van der Waals surface area contributed by atoms with E-state index in [1.165, 1.54) is 11.8 Å². The fourth-order valence-electron chi connectivity index (χ4n) is 4.65. The molecule has 10 heteroatoms. The van der Waals surface area contributed by atoms with Crippen LogP contribution in [0.25, 0.3) is 22.3 Å². The number of ether oxygens (including phenoxy) is 1. The van der Waals surface area contributed by atoms with E-state index in [0.717, 1.165) is 48.2 Å². The number of piperidine rings is 1. The van der Waals surface area contributed by atoms with E-state index in [4.69, 9.17) is 9.72 Å². The standard InChI is InChI=1S/C24H30N6O3S/c1-34(31,32)30-11-6-18(7-12-30)17-2-4-19(5-3-17)21-14-22-23(27-9-8-26-22)24(29-21)28-16-20-15-25-10-13-33-20/h2-5,8-9,14,18,20,25H,6-7,10-13,15-16H2,1H3,(H,28,29). The first-order valence-corrected chi connectivity index (χ1v) is 13.6. The summed E-state index contributed by atoms with van der Waals surface area (Å²) < 4.78 is 30.9. The summed E-state index contributed by atoms with van der Waals surface area (Å²) in [5.74, 6) is 1.07. The maximum Gasteiger partial charge on any atom is 0.211 e. The number of nitrogens with zero attached hydrogens (tertiary/aromatic N) is 4. The van der Waals surface area contributed by atoms with Crippen molar-refractivity contribution in [1.82, 2.24) is 24.6 Å². The van der Waals surface area contributed by atoms with E-state index in [2.05, 4.69) is 44.9 Å². The molecule has 0 spiro atoms. The number of aromatic nitrogens is 3. The van der Waals surface area contributed by atoms with Crippen LogP contribution in [-0.2, 0) is 14.8 Å². The van der Waals surface area contributed by atoms with E-state index < -0.39 is 10.0 Å². The first-order valence-electron chi connectivity index (χ1n) is 11.7. The van der Waals surface area contributed by atoms with Crippen LogP contribution in [0.3, 0.4) is 0 Å². The number of hydrogen-bond acceptors (Lipinski definition) is 8. The number of pyridine rings is 1. The van der Waals surface area contributed by atoms with Gasteiger partial charge in [0.25, 0.3) is 0 Å². The minimum Gasteiger partial charge on any atom is -0.374 e. The molecule has 0 aliphatic carbocycles. The minimum absolute atomic E-state index is 0.0827. The van der Waals surface area contributed by atoms with Gasteiger partial charge in [-0.2, -0.15) is 0 Å². The summed E-state index contributed by atoms with van der Waals surface area (Å²) in [5, 5.41) is 6.76. The second-order valence-corrected chi connectivity index (χ2v) is 10.9. The van der Waals surface area contributed by atoms with Gasteiger partial charge in [0.1, 0.15) is 5.52 Å². The molecule has 2 aromatic heterocycles. The molecule has 2 aliphatic heterocycles. The molecule has 1 atom stereocenters. The normalized spacial score (nSPS) is 20.4. The van der Waals surface area contributed by atoms with Gasteiger partial charge >= 0.3 is 0 Å². The zero-order chi connectivity index (χ0) is 23.5. The zero-order valence-corrected chi connectivity index (χ0v) is 20.1. The van der Waals surface area contributed by atoms with Crippen molar-refractivity contribution in [1.29, 1.82) is 0 Å². The smallest absolute Gasteiger partial charge is 0.211 e. The summed E-state index contributed by atoms with van der Waals surface area (Å²) in [6.07, 6.45) is 6.41. The highest BCUT2D eigenvalue weighted by molar-refractivity contribution is 7.88. The van der Waals surface area contributed by atoms with Crippen molar-refractivity contribution in [2.45, 2.75) is 24.9 Å². The molecule has 0 saturated carbocycles. The molecule has 180 valence electrons. The third kappa shape index (κ3) is 5.20. The Morgan fingerprint density at radius 2 is 1.91 bits per heavy atom. The number of sulfonamides is 1. The van der Waals surface area contributed by atoms with Crippen LogP contribution < -0.4 is 10.6 Å². The highest BCUT2D eigenvalue weighted by Gasteiger charge is 2.25. The SMILES string of the molecule is CS(=O)(=O)N1CCC(c2ccc(-c3cc4nccnc4c(NCC4CNCCO4)n3)cc2)CC1. The maximum absolute atomic E-state index is 11.8. The van der Waals surface area contributed by atoms with Crippen molar-refractivity contribution in [2.24, 2.45) is 0 Å². The van der Waals surface area contributed by atoms with Gasteiger partial charge in [-0.25, -0.2) is 22.7 Å². The summed E-state index contributed by atoms with van der Waals surface area (Å²) in [6, 6.07) is 10.4. The molecule has 2 N–H and O–H groups in total. The van der Waals surface area contributed by atoms with Crippen LogP contribution in [0.15, 0.2) is 42.7 Å². The van der Waals surface area contributed by atoms with Gasteiger partial charge in [-0.1, -0.05) is 24.3 Å². The summed E-state index contributed by atoms with van der Waals surface area (Å²) in [4.78, 5) is 13.9. The van der Waals surface area contributed by atoms with Crippen molar-refractivity contribution >= 4 is 26.9 Å². The Labute approximate surface area is 200 Å². The quantitative estimate of drug-likeness (QED) is 0.551.